The topological polar surface area (TPSA) is 140 Å². The van der Waals surface area contributed by atoms with Crippen LogP contribution in [0.3, 0.4) is 0 Å². The van der Waals surface area contributed by atoms with Crippen LogP contribution in [-0.2, 0) is 25.5 Å². The molecule has 0 heterocycles. The Morgan fingerprint density at radius 1 is 0.757 bits per heavy atom. The maximum Gasteiger partial charge on any atom is 0.407 e. The standard InChI is InChI=1S/C28H28N4O5/c29-27(35)24(14-18-8-2-1-3-9-18)32-26(34)16-30-25(33)15-31-28(36)37-17-23-21-12-6-4-10-19(21)20-11-5-7-13-22(20)23/h1-13,23-24H,14-17H2,(H2,29,35)(H,30,33)(H,31,36)(H,32,34)/t24-/m0/s1. The molecule has 4 rings (SSSR count). The van der Waals surface area contributed by atoms with Gasteiger partial charge in [-0.25, -0.2) is 4.79 Å². The molecule has 3 aromatic carbocycles. The highest BCUT2D eigenvalue weighted by Gasteiger charge is 2.29. The number of alkyl carbamates (subject to hydrolysis) is 1. The van der Waals surface area contributed by atoms with E-state index in [0.717, 1.165) is 27.8 Å². The van der Waals surface area contributed by atoms with E-state index in [9.17, 15) is 19.2 Å². The quantitative estimate of drug-likeness (QED) is 0.336. The molecule has 0 bridgehead atoms. The predicted molar refractivity (Wildman–Crippen MR) is 137 cm³/mol. The third-order valence-electron chi connectivity index (χ3n) is 6.14. The largest absolute Gasteiger partial charge is 0.449 e. The first-order valence-electron chi connectivity index (χ1n) is 11.9. The summed E-state index contributed by atoms with van der Waals surface area (Å²) in [5.41, 5.74) is 10.6. The number of hydrogen-bond acceptors (Lipinski definition) is 5. The number of primary amides is 1. The monoisotopic (exact) mass is 500 g/mol. The number of nitrogens with two attached hydrogens (primary N) is 1. The number of carbonyl (C=O) groups excluding carboxylic acids is 4. The van der Waals surface area contributed by atoms with Gasteiger partial charge in [0.05, 0.1) is 6.54 Å². The number of carbonyl (C=O) groups is 4. The van der Waals surface area contributed by atoms with Gasteiger partial charge in [0.1, 0.15) is 19.2 Å². The molecule has 0 fully saturated rings. The minimum Gasteiger partial charge on any atom is -0.449 e. The SMILES string of the molecule is NC(=O)[C@H](Cc1ccccc1)NC(=O)CNC(=O)CNC(=O)OCC1c2ccccc2-c2ccccc21. The maximum atomic E-state index is 12.2. The Labute approximate surface area is 214 Å². The van der Waals surface area contributed by atoms with Crippen LogP contribution in [0.25, 0.3) is 11.1 Å². The third-order valence-corrected chi connectivity index (χ3v) is 6.14. The van der Waals surface area contributed by atoms with Gasteiger partial charge in [0.25, 0.3) is 0 Å². The molecule has 1 aliphatic rings. The van der Waals surface area contributed by atoms with Gasteiger partial charge in [-0.2, -0.15) is 0 Å². The molecular formula is C28H28N4O5. The Hall–Kier alpha value is -4.66. The Morgan fingerprint density at radius 2 is 1.32 bits per heavy atom. The molecule has 0 saturated heterocycles. The fourth-order valence-electron chi connectivity index (χ4n) is 4.36. The molecule has 190 valence electrons. The minimum atomic E-state index is -0.911. The number of amides is 4. The van der Waals surface area contributed by atoms with Crippen LogP contribution in [0.5, 0.6) is 0 Å². The van der Waals surface area contributed by atoms with E-state index >= 15 is 0 Å². The van der Waals surface area contributed by atoms with Crippen LogP contribution in [0.1, 0.15) is 22.6 Å². The summed E-state index contributed by atoms with van der Waals surface area (Å²) in [5, 5.41) is 7.30. The molecule has 3 aromatic rings. The predicted octanol–water partition coefficient (Wildman–Crippen LogP) is 1.85. The van der Waals surface area contributed by atoms with Gasteiger partial charge < -0.3 is 26.4 Å². The fraction of sp³-hybridized carbons (Fsp3) is 0.214. The van der Waals surface area contributed by atoms with Crippen molar-refractivity contribution in [2.45, 2.75) is 18.4 Å². The number of fused-ring (bicyclic) bond motifs is 3. The van der Waals surface area contributed by atoms with Crippen molar-refractivity contribution in [2.24, 2.45) is 5.73 Å². The van der Waals surface area contributed by atoms with Gasteiger partial charge >= 0.3 is 6.09 Å². The fourth-order valence-corrected chi connectivity index (χ4v) is 4.36. The van der Waals surface area contributed by atoms with Crippen molar-refractivity contribution in [3.8, 4) is 11.1 Å². The lowest BCUT2D eigenvalue weighted by atomic mass is 9.98. The summed E-state index contributed by atoms with van der Waals surface area (Å²) in [6, 6.07) is 24.2. The van der Waals surface area contributed by atoms with Gasteiger partial charge in [0.15, 0.2) is 0 Å². The molecule has 9 nitrogen and oxygen atoms in total. The molecule has 4 amide bonds. The molecule has 0 unspecified atom stereocenters. The van der Waals surface area contributed by atoms with E-state index in [0.29, 0.717) is 0 Å². The summed E-state index contributed by atoms with van der Waals surface area (Å²) in [4.78, 5) is 48.2. The number of rotatable bonds is 10. The molecule has 0 aromatic heterocycles. The molecule has 0 radical (unpaired) electrons. The van der Waals surface area contributed by atoms with Crippen LogP contribution >= 0.6 is 0 Å². The Morgan fingerprint density at radius 3 is 1.95 bits per heavy atom. The van der Waals surface area contributed by atoms with Crippen molar-refractivity contribution in [1.82, 2.24) is 16.0 Å². The molecule has 0 spiro atoms. The van der Waals surface area contributed by atoms with E-state index in [4.69, 9.17) is 10.5 Å². The second-order valence-electron chi connectivity index (χ2n) is 8.67. The number of benzene rings is 3. The first-order chi connectivity index (χ1) is 17.9. The van der Waals surface area contributed by atoms with Crippen LogP contribution in [0.4, 0.5) is 4.79 Å². The van der Waals surface area contributed by atoms with E-state index < -0.39 is 29.9 Å². The first kappa shape index (κ1) is 25.4. The van der Waals surface area contributed by atoms with Crippen LogP contribution in [0.15, 0.2) is 78.9 Å². The van der Waals surface area contributed by atoms with Crippen molar-refractivity contribution in [3.05, 3.63) is 95.6 Å². The van der Waals surface area contributed by atoms with Gasteiger partial charge in [-0.1, -0.05) is 78.9 Å². The zero-order valence-electron chi connectivity index (χ0n) is 20.1. The molecule has 5 N–H and O–H groups in total. The lowest BCUT2D eigenvalue weighted by Gasteiger charge is -2.16. The highest BCUT2D eigenvalue weighted by atomic mass is 16.5. The second-order valence-corrected chi connectivity index (χ2v) is 8.67. The summed E-state index contributed by atoms with van der Waals surface area (Å²) in [6.45, 7) is -0.614. The molecular weight excluding hydrogens is 472 g/mol. The Bertz CT molecular complexity index is 1250. The van der Waals surface area contributed by atoms with Crippen LogP contribution in [0.2, 0.25) is 0 Å². The Balaban J connectivity index is 1.20. The van der Waals surface area contributed by atoms with Crippen LogP contribution in [-0.4, -0.2) is 49.6 Å². The molecule has 9 heteroatoms. The number of nitrogens with one attached hydrogen (secondary N) is 3. The van der Waals surface area contributed by atoms with E-state index in [1.165, 1.54) is 0 Å². The van der Waals surface area contributed by atoms with Gasteiger partial charge in [-0.3, -0.25) is 14.4 Å². The van der Waals surface area contributed by atoms with Crippen LogP contribution < -0.4 is 21.7 Å². The van der Waals surface area contributed by atoms with E-state index in [-0.39, 0.29) is 32.0 Å². The van der Waals surface area contributed by atoms with Gasteiger partial charge in [-0.15, -0.1) is 0 Å². The lowest BCUT2D eigenvalue weighted by Crippen LogP contribution is -2.49. The summed E-state index contributed by atoms with van der Waals surface area (Å²) >= 11 is 0. The zero-order chi connectivity index (χ0) is 26.2. The smallest absolute Gasteiger partial charge is 0.407 e. The van der Waals surface area contributed by atoms with E-state index in [1.807, 2.05) is 78.9 Å². The summed E-state index contributed by atoms with van der Waals surface area (Å²) in [5.74, 6) is -1.93. The Kier molecular flexibility index (Phi) is 8.15. The first-order valence-corrected chi connectivity index (χ1v) is 11.9. The highest BCUT2D eigenvalue weighted by Crippen LogP contribution is 2.44. The molecule has 37 heavy (non-hydrogen) atoms. The van der Waals surface area contributed by atoms with Crippen molar-refractivity contribution in [2.75, 3.05) is 19.7 Å². The third kappa shape index (κ3) is 6.52. The summed E-state index contributed by atoms with van der Waals surface area (Å²) in [7, 11) is 0. The molecule has 1 atom stereocenters. The van der Waals surface area contributed by atoms with Crippen molar-refractivity contribution >= 4 is 23.8 Å². The van der Waals surface area contributed by atoms with Crippen molar-refractivity contribution < 1.29 is 23.9 Å². The van der Waals surface area contributed by atoms with Gasteiger partial charge in [0, 0.05) is 12.3 Å². The molecule has 1 aliphatic carbocycles. The number of hydrogen-bond donors (Lipinski definition) is 4. The van der Waals surface area contributed by atoms with Crippen LogP contribution in [0, 0.1) is 0 Å². The minimum absolute atomic E-state index is 0.0928. The maximum absolute atomic E-state index is 12.2. The van der Waals surface area contributed by atoms with E-state index in [2.05, 4.69) is 16.0 Å². The zero-order valence-corrected chi connectivity index (χ0v) is 20.1. The molecule has 0 aliphatic heterocycles. The number of ether oxygens (including phenoxy) is 1. The molecule has 0 saturated carbocycles. The summed E-state index contributed by atoms with van der Waals surface area (Å²) in [6.07, 6.45) is -0.503. The van der Waals surface area contributed by atoms with Gasteiger partial charge in [-0.05, 0) is 27.8 Å². The van der Waals surface area contributed by atoms with E-state index in [1.54, 1.807) is 0 Å². The second kappa shape index (κ2) is 11.9. The lowest BCUT2D eigenvalue weighted by molar-refractivity contribution is -0.128. The average molecular weight is 501 g/mol. The average Bonchev–Trinajstić information content (AvgIpc) is 3.23. The van der Waals surface area contributed by atoms with Crippen molar-refractivity contribution in [1.29, 1.82) is 0 Å². The van der Waals surface area contributed by atoms with Gasteiger partial charge in [0.2, 0.25) is 17.7 Å². The normalized spacial score (nSPS) is 12.5. The highest BCUT2D eigenvalue weighted by molar-refractivity contribution is 5.90. The van der Waals surface area contributed by atoms with Crippen molar-refractivity contribution in [3.63, 3.8) is 0 Å². The summed E-state index contributed by atoms with van der Waals surface area (Å²) < 4.78 is 5.39.